The number of primary sulfonamides is 1. The molecule has 1 amide bonds. The van der Waals surface area contributed by atoms with E-state index in [-0.39, 0.29) is 11.7 Å². The third kappa shape index (κ3) is 3.91. The second-order valence-corrected chi connectivity index (χ2v) is 8.28. The Hall–Kier alpha value is -3.43. The van der Waals surface area contributed by atoms with E-state index in [1.807, 2.05) is 18.2 Å². The van der Waals surface area contributed by atoms with Crippen LogP contribution in [0.4, 0.5) is 11.4 Å². The quantitative estimate of drug-likeness (QED) is 0.624. The van der Waals surface area contributed by atoms with Gasteiger partial charge in [0, 0.05) is 30.1 Å². The number of nitrogens with one attached hydrogen (secondary N) is 1. The Kier molecular flexibility index (Phi) is 4.69. The van der Waals surface area contributed by atoms with Gasteiger partial charge in [-0.25, -0.2) is 18.5 Å². The maximum atomic E-state index is 12.7. The zero-order chi connectivity index (χ0) is 20.6. The van der Waals surface area contributed by atoms with Crippen molar-refractivity contribution in [3.8, 4) is 11.3 Å². The third-order valence-corrected chi connectivity index (χ3v) is 5.34. The van der Waals surface area contributed by atoms with Gasteiger partial charge in [-0.1, -0.05) is 12.1 Å². The molecule has 0 radical (unpaired) electrons. The van der Waals surface area contributed by atoms with Gasteiger partial charge in [0.05, 0.1) is 23.2 Å². The summed E-state index contributed by atoms with van der Waals surface area (Å²) in [5.74, 6) is 0.260. The minimum absolute atomic E-state index is 0.131. The number of nitrogens with two attached hydrogens (primary N) is 1. The number of aromatic nitrogens is 1. The Balaban J connectivity index is 1.61. The maximum Gasteiger partial charge on any atom is 0.260 e. The van der Waals surface area contributed by atoms with Gasteiger partial charge >= 0.3 is 0 Å². The number of nitrogens with zero attached hydrogens (tertiary/aromatic N) is 2. The molecule has 0 bridgehead atoms. The van der Waals surface area contributed by atoms with E-state index < -0.39 is 10.0 Å². The van der Waals surface area contributed by atoms with Gasteiger partial charge in [-0.05, 0) is 35.9 Å². The molecule has 0 saturated heterocycles. The van der Waals surface area contributed by atoms with Crippen LogP contribution in [0.1, 0.15) is 11.1 Å². The lowest BCUT2D eigenvalue weighted by molar-refractivity contribution is -0.112. The summed E-state index contributed by atoms with van der Waals surface area (Å²) in [5.41, 5.74) is 4.22. The highest BCUT2D eigenvalue weighted by atomic mass is 32.2. The fraction of sp³-hybridized carbons (Fsp3) is 0.100. The predicted octanol–water partition coefficient (Wildman–Crippen LogP) is 2.56. The summed E-state index contributed by atoms with van der Waals surface area (Å²) < 4.78 is 27.7. The number of hydrogen-bond donors (Lipinski definition) is 2. The van der Waals surface area contributed by atoms with Crippen LogP contribution in [0.2, 0.25) is 0 Å². The Bertz CT molecular complexity index is 1200. The average molecular weight is 410 g/mol. The number of oxazole rings is 1. The van der Waals surface area contributed by atoms with E-state index in [0.29, 0.717) is 22.6 Å². The van der Waals surface area contributed by atoms with E-state index in [9.17, 15) is 13.2 Å². The number of anilines is 2. The van der Waals surface area contributed by atoms with Gasteiger partial charge in [0.15, 0.2) is 12.2 Å². The van der Waals surface area contributed by atoms with Crippen molar-refractivity contribution in [2.75, 3.05) is 17.3 Å². The van der Waals surface area contributed by atoms with E-state index in [0.717, 1.165) is 16.8 Å². The summed E-state index contributed by atoms with van der Waals surface area (Å²) in [7, 11) is -1.86. The highest BCUT2D eigenvalue weighted by Crippen LogP contribution is 2.38. The van der Waals surface area contributed by atoms with Gasteiger partial charge in [-0.15, -0.1) is 0 Å². The number of amides is 1. The van der Waals surface area contributed by atoms with Crippen LogP contribution in [0.25, 0.3) is 16.9 Å². The minimum atomic E-state index is -3.58. The topological polar surface area (TPSA) is 119 Å². The second-order valence-electron chi connectivity index (χ2n) is 6.67. The smallest absolute Gasteiger partial charge is 0.260 e. The van der Waals surface area contributed by atoms with Gasteiger partial charge in [-0.2, -0.15) is 0 Å². The van der Waals surface area contributed by atoms with Gasteiger partial charge in [0.25, 0.3) is 5.91 Å². The summed E-state index contributed by atoms with van der Waals surface area (Å²) in [4.78, 5) is 18.2. The number of carbonyl (C=O) groups excluding carboxylic acids is 1. The fourth-order valence-electron chi connectivity index (χ4n) is 3.19. The Morgan fingerprint density at radius 2 is 1.97 bits per heavy atom. The zero-order valence-corrected chi connectivity index (χ0v) is 16.3. The van der Waals surface area contributed by atoms with Crippen molar-refractivity contribution in [3.63, 3.8) is 0 Å². The molecule has 9 heteroatoms. The number of benzene rings is 2. The lowest BCUT2D eigenvalue weighted by atomic mass is 10.0. The van der Waals surface area contributed by atoms with Gasteiger partial charge in [-0.3, -0.25) is 4.79 Å². The summed E-state index contributed by atoms with van der Waals surface area (Å²) in [6.45, 7) is 0. The van der Waals surface area contributed by atoms with Crippen LogP contribution < -0.4 is 15.4 Å². The molecular weight excluding hydrogens is 392 g/mol. The van der Waals surface area contributed by atoms with Gasteiger partial charge in [0.1, 0.15) is 0 Å². The molecule has 2 heterocycles. The first-order valence-corrected chi connectivity index (χ1v) is 10.4. The van der Waals surface area contributed by atoms with Crippen molar-refractivity contribution in [1.82, 2.24) is 4.98 Å². The molecule has 148 valence electrons. The van der Waals surface area contributed by atoms with E-state index in [4.69, 9.17) is 9.56 Å². The van der Waals surface area contributed by atoms with Crippen LogP contribution in [0.15, 0.2) is 65.7 Å². The monoisotopic (exact) mass is 410 g/mol. The highest BCUT2D eigenvalue weighted by molar-refractivity contribution is 7.88. The van der Waals surface area contributed by atoms with Crippen molar-refractivity contribution < 1.29 is 17.6 Å². The summed E-state index contributed by atoms with van der Waals surface area (Å²) in [6.07, 6.45) is 4.62. The summed E-state index contributed by atoms with van der Waals surface area (Å²) in [6, 6.07) is 12.4. The SMILES string of the molecule is CN1C(=O)/C(=C\Nc2ccc(CS(N)(=O)=O)cc2)c2cc(-c3cnco3)ccc21. The molecule has 3 aromatic rings. The number of rotatable bonds is 5. The molecule has 1 aromatic heterocycles. The molecular formula is C20H18N4O4S. The van der Waals surface area contributed by atoms with Crippen LogP contribution in [0.5, 0.6) is 0 Å². The van der Waals surface area contributed by atoms with Crippen molar-refractivity contribution in [2.45, 2.75) is 5.75 Å². The van der Waals surface area contributed by atoms with Crippen LogP contribution in [0, 0.1) is 0 Å². The first-order chi connectivity index (χ1) is 13.8. The molecule has 2 aromatic carbocycles. The molecule has 0 aliphatic carbocycles. The van der Waals surface area contributed by atoms with Crippen molar-refractivity contribution in [2.24, 2.45) is 5.14 Å². The lowest BCUT2D eigenvalue weighted by Crippen LogP contribution is -2.20. The number of likely N-dealkylation sites (N-methyl/N-ethyl adjacent to an activating group) is 1. The lowest BCUT2D eigenvalue weighted by Gasteiger charge is -2.09. The normalized spacial score (nSPS) is 15.0. The number of hydrogen-bond acceptors (Lipinski definition) is 6. The first-order valence-electron chi connectivity index (χ1n) is 8.69. The molecule has 4 rings (SSSR count). The van der Waals surface area contributed by atoms with E-state index in [1.165, 1.54) is 6.39 Å². The predicted molar refractivity (Wildman–Crippen MR) is 110 cm³/mol. The molecule has 0 unspecified atom stereocenters. The Morgan fingerprint density at radius 1 is 1.21 bits per heavy atom. The Labute approximate surface area is 167 Å². The third-order valence-electron chi connectivity index (χ3n) is 4.60. The van der Waals surface area contributed by atoms with Crippen LogP contribution in [-0.4, -0.2) is 26.4 Å². The van der Waals surface area contributed by atoms with Crippen LogP contribution in [-0.2, 0) is 20.6 Å². The molecule has 0 atom stereocenters. The van der Waals surface area contributed by atoms with E-state index in [2.05, 4.69) is 10.3 Å². The maximum absolute atomic E-state index is 12.7. The molecule has 0 spiro atoms. The largest absolute Gasteiger partial charge is 0.444 e. The minimum Gasteiger partial charge on any atom is -0.444 e. The standard InChI is InChI=1S/C20H18N4O4S/c1-24-18-7-4-14(19-10-22-12-28-19)8-16(18)17(20(24)25)9-23-15-5-2-13(3-6-15)11-29(21,26)27/h2-10,12,23H,11H2,1H3,(H2,21,26,27)/b17-9-. The zero-order valence-electron chi connectivity index (χ0n) is 15.5. The van der Waals surface area contributed by atoms with Gasteiger partial charge in [0.2, 0.25) is 10.0 Å². The molecule has 1 aliphatic rings. The van der Waals surface area contributed by atoms with E-state index >= 15 is 0 Å². The second kappa shape index (κ2) is 7.19. The number of carbonyl (C=O) groups is 1. The number of fused-ring (bicyclic) bond motifs is 1. The van der Waals surface area contributed by atoms with E-state index in [1.54, 1.807) is 48.6 Å². The fourth-order valence-corrected chi connectivity index (χ4v) is 3.84. The van der Waals surface area contributed by atoms with Crippen LogP contribution >= 0.6 is 0 Å². The summed E-state index contributed by atoms with van der Waals surface area (Å²) >= 11 is 0. The number of sulfonamides is 1. The van der Waals surface area contributed by atoms with Crippen molar-refractivity contribution in [3.05, 3.63) is 72.4 Å². The Morgan fingerprint density at radius 3 is 2.62 bits per heavy atom. The molecule has 8 nitrogen and oxygen atoms in total. The average Bonchev–Trinajstić information content (AvgIpc) is 3.29. The highest BCUT2D eigenvalue weighted by Gasteiger charge is 2.30. The molecule has 0 saturated carbocycles. The molecule has 0 fully saturated rings. The molecule has 3 N–H and O–H groups in total. The summed E-state index contributed by atoms with van der Waals surface area (Å²) in [5, 5.41) is 8.16. The van der Waals surface area contributed by atoms with Gasteiger partial charge < -0.3 is 14.6 Å². The van der Waals surface area contributed by atoms with Crippen LogP contribution in [0.3, 0.4) is 0 Å². The molecule has 29 heavy (non-hydrogen) atoms. The van der Waals surface area contributed by atoms with Crippen molar-refractivity contribution >= 4 is 32.9 Å². The van der Waals surface area contributed by atoms with Crippen molar-refractivity contribution in [1.29, 1.82) is 0 Å². The molecule has 1 aliphatic heterocycles. The first kappa shape index (κ1) is 18.9.